The summed E-state index contributed by atoms with van der Waals surface area (Å²) in [5, 5.41) is 11.5. The minimum absolute atomic E-state index is 0.147. The van der Waals surface area contributed by atoms with Crippen molar-refractivity contribution in [2.45, 2.75) is 6.92 Å². The van der Waals surface area contributed by atoms with Crippen LogP contribution in [0.3, 0.4) is 0 Å². The molecule has 1 aliphatic rings. The van der Waals surface area contributed by atoms with E-state index in [-0.39, 0.29) is 5.91 Å². The largest absolute Gasteiger partial charge is 0.379 e. The maximum Gasteiger partial charge on any atom is 0.278 e. The topological polar surface area (TPSA) is 70.6 Å². The van der Waals surface area contributed by atoms with Crippen molar-refractivity contribution in [2.24, 2.45) is 0 Å². The van der Waals surface area contributed by atoms with Gasteiger partial charge in [0.2, 0.25) is 0 Å². The molecule has 1 fully saturated rings. The van der Waals surface area contributed by atoms with Gasteiger partial charge >= 0.3 is 0 Å². The number of hydrogen-bond donors (Lipinski definition) is 1. The maximum absolute atomic E-state index is 12.7. The summed E-state index contributed by atoms with van der Waals surface area (Å²) in [6.45, 7) is 7.76. The van der Waals surface area contributed by atoms with Crippen LogP contribution in [0.15, 0.2) is 42.5 Å². The number of nitrogens with zero attached hydrogens (tertiary/aromatic N) is 4. The first-order valence-electron chi connectivity index (χ1n) is 9.02. The van der Waals surface area contributed by atoms with Crippen molar-refractivity contribution in [1.29, 1.82) is 0 Å². The molecule has 2 aromatic rings. The fraction of sp³-hybridized carbons (Fsp3) is 0.421. The lowest BCUT2D eigenvalue weighted by Gasteiger charge is -2.26. The van der Waals surface area contributed by atoms with Crippen molar-refractivity contribution in [3.05, 3.63) is 48.2 Å². The predicted octanol–water partition coefficient (Wildman–Crippen LogP) is 1.89. The molecule has 0 radical (unpaired) electrons. The van der Waals surface area contributed by atoms with Crippen LogP contribution in [-0.2, 0) is 4.74 Å². The summed E-state index contributed by atoms with van der Waals surface area (Å²) in [7, 11) is 0. The van der Waals surface area contributed by atoms with Gasteiger partial charge < -0.3 is 15.0 Å². The molecule has 1 aliphatic heterocycles. The lowest BCUT2D eigenvalue weighted by molar-refractivity contribution is 0.0398. The summed E-state index contributed by atoms with van der Waals surface area (Å²) in [5.41, 5.74) is 1.20. The van der Waals surface area contributed by atoms with Gasteiger partial charge in [0, 0.05) is 38.4 Å². The van der Waals surface area contributed by atoms with Gasteiger partial charge in [-0.15, -0.1) is 10.2 Å². The normalized spacial score (nSPS) is 14.8. The molecule has 0 unspecified atom stereocenters. The van der Waals surface area contributed by atoms with Crippen molar-refractivity contribution in [1.82, 2.24) is 15.1 Å². The number of benzene rings is 1. The van der Waals surface area contributed by atoms with E-state index in [1.807, 2.05) is 37.3 Å². The molecule has 0 spiro atoms. The van der Waals surface area contributed by atoms with E-state index in [2.05, 4.69) is 20.4 Å². The van der Waals surface area contributed by atoms with E-state index >= 15 is 0 Å². The zero-order valence-corrected chi connectivity index (χ0v) is 15.1. The molecule has 0 bridgehead atoms. The minimum Gasteiger partial charge on any atom is -0.379 e. The van der Waals surface area contributed by atoms with E-state index in [4.69, 9.17) is 4.74 Å². The van der Waals surface area contributed by atoms with Gasteiger partial charge in [-0.2, -0.15) is 0 Å². The van der Waals surface area contributed by atoms with Crippen molar-refractivity contribution in [3.63, 3.8) is 0 Å². The number of ether oxygens (including phenoxy) is 1. The third-order valence-corrected chi connectivity index (χ3v) is 4.35. The van der Waals surface area contributed by atoms with Crippen LogP contribution in [0.2, 0.25) is 0 Å². The Morgan fingerprint density at radius 1 is 1.15 bits per heavy atom. The second-order valence-electron chi connectivity index (χ2n) is 6.07. The van der Waals surface area contributed by atoms with Gasteiger partial charge in [-0.3, -0.25) is 9.69 Å². The summed E-state index contributed by atoms with van der Waals surface area (Å²) in [4.78, 5) is 16.7. The Morgan fingerprint density at radius 3 is 2.58 bits per heavy atom. The molecule has 3 rings (SSSR count). The Labute approximate surface area is 154 Å². The van der Waals surface area contributed by atoms with Crippen molar-refractivity contribution < 1.29 is 9.53 Å². The van der Waals surface area contributed by atoms with Gasteiger partial charge in [0.15, 0.2) is 5.69 Å². The zero-order chi connectivity index (χ0) is 18.2. The summed E-state index contributed by atoms with van der Waals surface area (Å²) < 4.78 is 5.34. The second kappa shape index (κ2) is 9.26. The van der Waals surface area contributed by atoms with Crippen LogP contribution < -0.4 is 10.2 Å². The number of carbonyl (C=O) groups is 1. The van der Waals surface area contributed by atoms with Gasteiger partial charge in [-0.05, 0) is 31.2 Å². The highest BCUT2D eigenvalue weighted by molar-refractivity contribution is 6.04. The molecule has 1 aromatic heterocycles. The van der Waals surface area contributed by atoms with Gasteiger partial charge in [-0.25, -0.2) is 0 Å². The Kier molecular flexibility index (Phi) is 6.51. The Balaban J connectivity index is 1.55. The molecule has 2 heterocycles. The summed E-state index contributed by atoms with van der Waals surface area (Å²) in [6, 6.07) is 13.1. The number of hydrogen-bond acceptors (Lipinski definition) is 6. The number of anilines is 2. The quantitative estimate of drug-likeness (QED) is 0.818. The van der Waals surface area contributed by atoms with Gasteiger partial charge in [-0.1, -0.05) is 18.2 Å². The smallest absolute Gasteiger partial charge is 0.278 e. The lowest BCUT2D eigenvalue weighted by atomic mass is 10.2. The summed E-state index contributed by atoms with van der Waals surface area (Å²) in [6.07, 6.45) is 0. The maximum atomic E-state index is 12.7. The molecular formula is C19H25N5O2. The van der Waals surface area contributed by atoms with E-state index in [9.17, 15) is 4.79 Å². The zero-order valence-electron chi connectivity index (χ0n) is 15.1. The van der Waals surface area contributed by atoms with E-state index in [1.165, 1.54) is 0 Å². The third-order valence-electron chi connectivity index (χ3n) is 4.35. The summed E-state index contributed by atoms with van der Waals surface area (Å²) in [5.74, 6) is 0.531. The summed E-state index contributed by atoms with van der Waals surface area (Å²) >= 11 is 0. The SMILES string of the molecule is CCN(C(=O)c1ccc(NCCN2CCOCC2)nn1)c1ccccc1. The number of aromatic nitrogens is 2. The Hall–Kier alpha value is -2.51. The van der Waals surface area contributed by atoms with Crippen LogP contribution in [0, 0.1) is 0 Å². The third kappa shape index (κ3) is 4.77. The van der Waals surface area contributed by atoms with Crippen molar-refractivity contribution >= 4 is 17.4 Å². The van der Waals surface area contributed by atoms with E-state index in [0.29, 0.717) is 18.1 Å². The van der Waals surface area contributed by atoms with Crippen LogP contribution in [0.4, 0.5) is 11.5 Å². The number of carbonyl (C=O) groups excluding carboxylic acids is 1. The number of nitrogens with one attached hydrogen (secondary N) is 1. The van der Waals surface area contributed by atoms with Gasteiger partial charge in [0.05, 0.1) is 13.2 Å². The molecule has 1 saturated heterocycles. The molecule has 0 aliphatic carbocycles. The molecule has 7 nitrogen and oxygen atoms in total. The molecule has 7 heteroatoms. The second-order valence-corrected chi connectivity index (χ2v) is 6.07. The van der Waals surface area contributed by atoms with Gasteiger partial charge in [0.1, 0.15) is 5.82 Å². The van der Waals surface area contributed by atoms with Crippen LogP contribution in [0.5, 0.6) is 0 Å². The monoisotopic (exact) mass is 355 g/mol. The Morgan fingerprint density at radius 2 is 1.92 bits per heavy atom. The van der Waals surface area contributed by atoms with Crippen LogP contribution >= 0.6 is 0 Å². The average Bonchev–Trinajstić information content (AvgIpc) is 2.71. The number of amides is 1. The predicted molar refractivity (Wildman–Crippen MR) is 102 cm³/mol. The van der Waals surface area contributed by atoms with Crippen molar-refractivity contribution in [3.8, 4) is 0 Å². The highest BCUT2D eigenvalue weighted by atomic mass is 16.5. The number of rotatable bonds is 7. The molecule has 26 heavy (non-hydrogen) atoms. The van der Waals surface area contributed by atoms with E-state index in [0.717, 1.165) is 45.1 Å². The van der Waals surface area contributed by atoms with Crippen molar-refractivity contribution in [2.75, 3.05) is 56.2 Å². The Bertz CT molecular complexity index is 687. The molecular weight excluding hydrogens is 330 g/mol. The first-order chi connectivity index (χ1) is 12.8. The molecule has 1 aromatic carbocycles. The molecule has 138 valence electrons. The lowest BCUT2D eigenvalue weighted by Crippen LogP contribution is -2.39. The molecule has 1 amide bonds. The van der Waals surface area contributed by atoms with Gasteiger partial charge in [0.25, 0.3) is 5.91 Å². The first-order valence-corrected chi connectivity index (χ1v) is 9.02. The highest BCUT2D eigenvalue weighted by Crippen LogP contribution is 2.16. The highest BCUT2D eigenvalue weighted by Gasteiger charge is 2.17. The molecule has 0 saturated carbocycles. The van der Waals surface area contributed by atoms with E-state index < -0.39 is 0 Å². The number of para-hydroxylation sites is 1. The fourth-order valence-electron chi connectivity index (χ4n) is 2.90. The fourth-order valence-corrected chi connectivity index (χ4v) is 2.90. The molecule has 0 atom stereocenters. The standard InChI is InChI=1S/C19H25N5O2/c1-2-24(16-6-4-3-5-7-16)19(25)17-8-9-18(22-21-17)20-10-11-23-12-14-26-15-13-23/h3-9H,2,10-15H2,1H3,(H,20,22). The number of morpholine rings is 1. The van der Waals surface area contributed by atoms with Crippen LogP contribution in [-0.4, -0.2) is 66.9 Å². The van der Waals surface area contributed by atoms with Crippen LogP contribution in [0.25, 0.3) is 0 Å². The van der Waals surface area contributed by atoms with Crippen LogP contribution in [0.1, 0.15) is 17.4 Å². The minimum atomic E-state index is -0.147. The first kappa shape index (κ1) is 18.3. The average molecular weight is 355 g/mol. The van der Waals surface area contributed by atoms with E-state index in [1.54, 1.807) is 17.0 Å². The molecule has 1 N–H and O–H groups in total.